The van der Waals surface area contributed by atoms with E-state index in [1.54, 1.807) is 18.2 Å². The van der Waals surface area contributed by atoms with E-state index in [4.69, 9.17) is 5.73 Å². The maximum Gasteiger partial charge on any atom is 0.390 e. The number of nitrogens with zero attached hydrogens (tertiary/aromatic N) is 1. The van der Waals surface area contributed by atoms with Gasteiger partial charge in [0.15, 0.2) is 0 Å². The van der Waals surface area contributed by atoms with E-state index < -0.39 is 12.6 Å². The Hall–Kier alpha value is -1.85. The van der Waals surface area contributed by atoms with Crippen LogP contribution in [0.5, 0.6) is 5.88 Å². The molecule has 0 saturated carbocycles. The minimum absolute atomic E-state index is 0.220. The van der Waals surface area contributed by atoms with Crippen molar-refractivity contribution in [3.63, 3.8) is 0 Å². The van der Waals surface area contributed by atoms with Gasteiger partial charge in [0.05, 0.1) is 11.8 Å². The Balaban J connectivity index is 2.36. The van der Waals surface area contributed by atoms with E-state index in [-0.39, 0.29) is 12.4 Å². The summed E-state index contributed by atoms with van der Waals surface area (Å²) in [5.41, 5.74) is 6.01. The lowest BCUT2D eigenvalue weighted by Crippen LogP contribution is -2.11. The highest BCUT2D eigenvalue weighted by molar-refractivity contribution is 5.97. The molecule has 0 bridgehead atoms. The summed E-state index contributed by atoms with van der Waals surface area (Å²) in [5, 5.41) is 10.8. The molecule has 6 heteroatoms. The molecule has 0 aliphatic heterocycles. The number of aromatic nitrogens is 1. The van der Waals surface area contributed by atoms with Crippen molar-refractivity contribution in [3.05, 3.63) is 24.4 Å². The van der Waals surface area contributed by atoms with E-state index in [1.165, 1.54) is 6.20 Å². The number of fused-ring (bicyclic) bond motifs is 1. The molecule has 2 aromatic rings. The van der Waals surface area contributed by atoms with Crippen LogP contribution in [0.4, 0.5) is 18.9 Å². The Labute approximate surface area is 95.3 Å². The maximum atomic E-state index is 12.1. The van der Waals surface area contributed by atoms with Gasteiger partial charge in [-0.25, -0.2) is 0 Å². The average molecular weight is 244 g/mol. The van der Waals surface area contributed by atoms with Gasteiger partial charge in [-0.05, 0) is 6.07 Å². The summed E-state index contributed by atoms with van der Waals surface area (Å²) in [7, 11) is 0. The number of anilines is 1. The molecule has 0 fully saturated rings. The standard InChI is InChI=1S/C11H11F3N2O/c12-11(13,14)4-5-16-6-7-2-1-3-8(15)9(7)10(16)17/h1-3,6,17H,4-5,15H2. The van der Waals surface area contributed by atoms with Gasteiger partial charge in [0, 0.05) is 23.8 Å². The predicted octanol–water partition coefficient (Wildman–Crippen LogP) is 2.88. The summed E-state index contributed by atoms with van der Waals surface area (Å²) in [6.07, 6.45) is -3.76. The molecule has 1 heterocycles. The molecule has 3 nitrogen and oxygen atoms in total. The Morgan fingerprint density at radius 1 is 1.29 bits per heavy atom. The van der Waals surface area contributed by atoms with Crippen molar-refractivity contribution in [1.82, 2.24) is 4.57 Å². The van der Waals surface area contributed by atoms with E-state index in [1.807, 2.05) is 0 Å². The third kappa shape index (κ3) is 2.30. The second-order valence-corrected chi connectivity index (χ2v) is 3.82. The first-order valence-electron chi connectivity index (χ1n) is 5.01. The molecule has 17 heavy (non-hydrogen) atoms. The summed E-state index contributed by atoms with van der Waals surface area (Å²) in [4.78, 5) is 0. The SMILES string of the molecule is Nc1cccc2cn(CCC(F)(F)F)c(O)c12. The first-order chi connectivity index (χ1) is 7.88. The average Bonchev–Trinajstić information content (AvgIpc) is 2.53. The van der Waals surface area contributed by atoms with Crippen LogP contribution in [-0.2, 0) is 6.54 Å². The fourth-order valence-corrected chi connectivity index (χ4v) is 1.74. The number of aromatic hydroxyl groups is 1. The van der Waals surface area contributed by atoms with Crippen LogP contribution in [0, 0.1) is 0 Å². The smallest absolute Gasteiger partial charge is 0.390 e. The number of halogens is 3. The number of nitrogen functional groups attached to an aromatic ring is 1. The van der Waals surface area contributed by atoms with Crippen LogP contribution in [-0.4, -0.2) is 15.8 Å². The topological polar surface area (TPSA) is 51.2 Å². The Bertz CT molecular complexity index is 545. The number of rotatable bonds is 2. The van der Waals surface area contributed by atoms with Crippen molar-refractivity contribution >= 4 is 16.5 Å². The molecule has 0 saturated heterocycles. The van der Waals surface area contributed by atoms with Crippen LogP contribution >= 0.6 is 0 Å². The lowest BCUT2D eigenvalue weighted by Gasteiger charge is -2.07. The molecule has 0 aliphatic carbocycles. The minimum atomic E-state index is -4.24. The first-order valence-corrected chi connectivity index (χ1v) is 5.01. The van der Waals surface area contributed by atoms with Crippen LogP contribution in [0.25, 0.3) is 10.8 Å². The molecule has 2 rings (SSSR count). The number of nitrogens with two attached hydrogens (primary N) is 1. The van der Waals surface area contributed by atoms with Gasteiger partial charge >= 0.3 is 6.18 Å². The molecular weight excluding hydrogens is 233 g/mol. The monoisotopic (exact) mass is 244 g/mol. The molecule has 1 aromatic heterocycles. The molecule has 92 valence electrons. The van der Waals surface area contributed by atoms with Crippen LogP contribution < -0.4 is 5.73 Å². The largest absolute Gasteiger partial charge is 0.494 e. The van der Waals surface area contributed by atoms with Crippen LogP contribution in [0.2, 0.25) is 0 Å². The lowest BCUT2D eigenvalue weighted by molar-refractivity contribution is -0.136. The fourth-order valence-electron chi connectivity index (χ4n) is 1.74. The van der Waals surface area contributed by atoms with Crippen LogP contribution in [0.3, 0.4) is 0 Å². The number of hydrogen-bond acceptors (Lipinski definition) is 2. The number of alkyl halides is 3. The van der Waals surface area contributed by atoms with Gasteiger partial charge in [0.25, 0.3) is 0 Å². The quantitative estimate of drug-likeness (QED) is 0.798. The van der Waals surface area contributed by atoms with E-state index in [0.717, 1.165) is 4.57 Å². The molecule has 0 radical (unpaired) electrons. The summed E-state index contributed by atoms with van der Waals surface area (Å²) >= 11 is 0. The minimum Gasteiger partial charge on any atom is -0.494 e. The Kier molecular flexibility index (Phi) is 2.65. The normalized spacial score (nSPS) is 12.2. The Morgan fingerprint density at radius 3 is 2.59 bits per heavy atom. The van der Waals surface area contributed by atoms with Crippen molar-refractivity contribution in [3.8, 4) is 5.88 Å². The zero-order valence-corrected chi connectivity index (χ0v) is 8.83. The van der Waals surface area contributed by atoms with Gasteiger partial charge < -0.3 is 15.4 Å². The maximum absolute atomic E-state index is 12.1. The molecule has 0 unspecified atom stereocenters. The molecule has 3 N–H and O–H groups in total. The van der Waals surface area contributed by atoms with Crippen molar-refractivity contribution in [2.45, 2.75) is 19.1 Å². The van der Waals surface area contributed by atoms with Crippen molar-refractivity contribution in [1.29, 1.82) is 0 Å². The van der Waals surface area contributed by atoms with Crippen LogP contribution in [0.15, 0.2) is 24.4 Å². The second-order valence-electron chi connectivity index (χ2n) is 3.82. The van der Waals surface area contributed by atoms with E-state index in [0.29, 0.717) is 16.5 Å². The first kappa shape index (κ1) is 11.6. The lowest BCUT2D eigenvalue weighted by atomic mass is 10.2. The zero-order valence-electron chi connectivity index (χ0n) is 8.83. The highest BCUT2D eigenvalue weighted by Crippen LogP contribution is 2.33. The fraction of sp³-hybridized carbons (Fsp3) is 0.273. The molecule has 0 aliphatic rings. The van der Waals surface area contributed by atoms with Crippen molar-refractivity contribution < 1.29 is 18.3 Å². The molecule has 0 amide bonds. The Morgan fingerprint density at radius 2 is 2.00 bits per heavy atom. The number of aryl methyl sites for hydroxylation is 1. The second kappa shape index (κ2) is 3.87. The van der Waals surface area contributed by atoms with Gasteiger partial charge in [-0.3, -0.25) is 0 Å². The van der Waals surface area contributed by atoms with Gasteiger partial charge in [-0.15, -0.1) is 0 Å². The third-order valence-corrected chi connectivity index (χ3v) is 2.56. The highest BCUT2D eigenvalue weighted by Gasteiger charge is 2.27. The highest BCUT2D eigenvalue weighted by atomic mass is 19.4. The van der Waals surface area contributed by atoms with Gasteiger partial charge in [0.2, 0.25) is 5.88 Å². The molecule has 0 atom stereocenters. The van der Waals surface area contributed by atoms with Crippen LogP contribution in [0.1, 0.15) is 6.42 Å². The van der Waals surface area contributed by atoms with Crippen molar-refractivity contribution in [2.75, 3.05) is 5.73 Å². The van der Waals surface area contributed by atoms with Crippen molar-refractivity contribution in [2.24, 2.45) is 0 Å². The summed E-state index contributed by atoms with van der Waals surface area (Å²) in [6, 6.07) is 4.97. The van der Waals surface area contributed by atoms with Gasteiger partial charge in [-0.1, -0.05) is 12.1 Å². The summed E-state index contributed by atoms with van der Waals surface area (Å²) in [6.45, 7) is -0.316. The van der Waals surface area contributed by atoms with E-state index in [2.05, 4.69) is 0 Å². The summed E-state index contributed by atoms with van der Waals surface area (Å²) < 4.78 is 37.4. The zero-order chi connectivity index (χ0) is 12.6. The molecule has 0 spiro atoms. The van der Waals surface area contributed by atoms with Gasteiger partial charge in [-0.2, -0.15) is 13.2 Å². The third-order valence-electron chi connectivity index (χ3n) is 2.56. The molecular formula is C11H11F3N2O. The number of benzene rings is 1. The number of hydrogen-bond donors (Lipinski definition) is 2. The van der Waals surface area contributed by atoms with E-state index in [9.17, 15) is 18.3 Å². The molecule has 1 aromatic carbocycles. The summed E-state index contributed by atoms with van der Waals surface area (Å²) in [5.74, 6) is -0.220. The predicted molar refractivity (Wildman–Crippen MR) is 58.7 cm³/mol. The van der Waals surface area contributed by atoms with E-state index >= 15 is 0 Å². The van der Waals surface area contributed by atoms with Gasteiger partial charge in [0.1, 0.15) is 0 Å².